The molecule has 1 aromatic carbocycles. The SMILES string of the molecule is CCN1CCN(C(=O)Cc2ccc(CN)cc2)CC1C. The Bertz CT molecular complexity index is 444. The minimum Gasteiger partial charge on any atom is -0.340 e. The molecule has 4 heteroatoms. The van der Waals surface area contributed by atoms with Gasteiger partial charge in [-0.25, -0.2) is 0 Å². The van der Waals surface area contributed by atoms with E-state index in [1.165, 1.54) is 0 Å². The molecule has 1 aliphatic heterocycles. The van der Waals surface area contributed by atoms with Gasteiger partial charge in [-0.05, 0) is 24.6 Å². The molecule has 2 rings (SSSR count). The average molecular weight is 275 g/mol. The number of carbonyl (C=O) groups is 1. The largest absolute Gasteiger partial charge is 0.340 e. The van der Waals surface area contributed by atoms with Crippen LogP contribution < -0.4 is 5.73 Å². The van der Waals surface area contributed by atoms with Gasteiger partial charge in [0.05, 0.1) is 6.42 Å². The number of hydrogen-bond donors (Lipinski definition) is 1. The second kappa shape index (κ2) is 6.86. The lowest BCUT2D eigenvalue weighted by atomic mass is 10.1. The molecule has 2 N–H and O–H groups in total. The van der Waals surface area contributed by atoms with Crippen molar-refractivity contribution in [3.05, 3.63) is 35.4 Å². The number of carbonyl (C=O) groups excluding carboxylic acids is 1. The third kappa shape index (κ3) is 3.58. The topological polar surface area (TPSA) is 49.6 Å². The van der Waals surface area contributed by atoms with Crippen LogP contribution in [0.5, 0.6) is 0 Å². The fourth-order valence-corrected chi connectivity index (χ4v) is 2.77. The molecule has 1 atom stereocenters. The van der Waals surface area contributed by atoms with E-state index in [1.807, 2.05) is 29.2 Å². The highest BCUT2D eigenvalue weighted by atomic mass is 16.2. The van der Waals surface area contributed by atoms with Crippen LogP contribution in [0.2, 0.25) is 0 Å². The molecule has 1 saturated heterocycles. The van der Waals surface area contributed by atoms with Crippen molar-refractivity contribution in [3.63, 3.8) is 0 Å². The highest BCUT2D eigenvalue weighted by Crippen LogP contribution is 2.12. The Hall–Kier alpha value is -1.39. The van der Waals surface area contributed by atoms with Gasteiger partial charge in [0, 0.05) is 32.2 Å². The van der Waals surface area contributed by atoms with Crippen LogP contribution in [0.3, 0.4) is 0 Å². The Morgan fingerprint density at radius 3 is 2.45 bits per heavy atom. The second-order valence-corrected chi connectivity index (χ2v) is 5.51. The van der Waals surface area contributed by atoms with Crippen LogP contribution in [0.25, 0.3) is 0 Å². The lowest BCUT2D eigenvalue weighted by Gasteiger charge is -2.39. The smallest absolute Gasteiger partial charge is 0.227 e. The average Bonchev–Trinajstić information content (AvgIpc) is 2.48. The Kier molecular flexibility index (Phi) is 5.15. The highest BCUT2D eigenvalue weighted by Gasteiger charge is 2.25. The summed E-state index contributed by atoms with van der Waals surface area (Å²) in [4.78, 5) is 16.8. The zero-order valence-corrected chi connectivity index (χ0v) is 12.5. The molecule has 1 aliphatic rings. The summed E-state index contributed by atoms with van der Waals surface area (Å²) in [6.45, 7) is 8.64. The van der Waals surface area contributed by atoms with E-state index >= 15 is 0 Å². The van der Waals surface area contributed by atoms with Crippen molar-refractivity contribution in [2.75, 3.05) is 26.2 Å². The number of benzene rings is 1. The summed E-state index contributed by atoms with van der Waals surface area (Å²) < 4.78 is 0. The van der Waals surface area contributed by atoms with Crippen LogP contribution in [-0.4, -0.2) is 47.9 Å². The number of hydrogen-bond acceptors (Lipinski definition) is 3. The molecule has 0 aliphatic carbocycles. The summed E-state index contributed by atoms with van der Waals surface area (Å²) in [5.74, 6) is 0.230. The Balaban J connectivity index is 1.91. The summed E-state index contributed by atoms with van der Waals surface area (Å²) in [5.41, 5.74) is 7.75. The summed E-state index contributed by atoms with van der Waals surface area (Å²) >= 11 is 0. The molecule has 0 bridgehead atoms. The third-order valence-electron chi connectivity index (χ3n) is 4.14. The molecule has 1 amide bonds. The van der Waals surface area contributed by atoms with Crippen LogP contribution in [0.4, 0.5) is 0 Å². The van der Waals surface area contributed by atoms with Crippen molar-refractivity contribution >= 4 is 5.91 Å². The minimum absolute atomic E-state index is 0.230. The van der Waals surface area contributed by atoms with Gasteiger partial charge in [-0.15, -0.1) is 0 Å². The second-order valence-electron chi connectivity index (χ2n) is 5.51. The van der Waals surface area contributed by atoms with Crippen molar-refractivity contribution in [2.24, 2.45) is 5.73 Å². The van der Waals surface area contributed by atoms with Gasteiger partial charge in [0.15, 0.2) is 0 Å². The first-order chi connectivity index (χ1) is 9.63. The number of piperazine rings is 1. The monoisotopic (exact) mass is 275 g/mol. The van der Waals surface area contributed by atoms with E-state index in [4.69, 9.17) is 5.73 Å². The maximum absolute atomic E-state index is 12.3. The van der Waals surface area contributed by atoms with Gasteiger partial charge in [0.25, 0.3) is 0 Å². The van der Waals surface area contributed by atoms with Crippen LogP contribution in [-0.2, 0) is 17.8 Å². The number of amides is 1. The quantitative estimate of drug-likeness (QED) is 0.899. The van der Waals surface area contributed by atoms with E-state index in [9.17, 15) is 4.79 Å². The molecule has 1 heterocycles. The number of nitrogens with two attached hydrogens (primary N) is 1. The third-order valence-corrected chi connectivity index (χ3v) is 4.14. The van der Waals surface area contributed by atoms with E-state index in [0.29, 0.717) is 19.0 Å². The Labute approximate surface area is 121 Å². The summed E-state index contributed by atoms with van der Waals surface area (Å²) in [7, 11) is 0. The van der Waals surface area contributed by atoms with Gasteiger partial charge in [0.2, 0.25) is 5.91 Å². The van der Waals surface area contributed by atoms with E-state index in [0.717, 1.165) is 37.3 Å². The molecule has 1 fully saturated rings. The van der Waals surface area contributed by atoms with Crippen LogP contribution in [0.15, 0.2) is 24.3 Å². The molecule has 110 valence electrons. The summed E-state index contributed by atoms with van der Waals surface area (Å²) in [6, 6.07) is 8.47. The predicted molar refractivity (Wildman–Crippen MR) is 81.3 cm³/mol. The van der Waals surface area contributed by atoms with Crippen LogP contribution >= 0.6 is 0 Å². The molecular weight excluding hydrogens is 250 g/mol. The highest BCUT2D eigenvalue weighted by molar-refractivity contribution is 5.79. The van der Waals surface area contributed by atoms with E-state index in [1.54, 1.807) is 0 Å². The molecule has 4 nitrogen and oxygen atoms in total. The van der Waals surface area contributed by atoms with Crippen molar-refractivity contribution in [2.45, 2.75) is 32.9 Å². The fraction of sp³-hybridized carbons (Fsp3) is 0.562. The van der Waals surface area contributed by atoms with E-state index in [-0.39, 0.29) is 5.91 Å². The lowest BCUT2D eigenvalue weighted by Crippen LogP contribution is -2.53. The van der Waals surface area contributed by atoms with Gasteiger partial charge >= 0.3 is 0 Å². The van der Waals surface area contributed by atoms with Gasteiger partial charge < -0.3 is 10.6 Å². The molecule has 0 radical (unpaired) electrons. The Morgan fingerprint density at radius 2 is 1.90 bits per heavy atom. The zero-order valence-electron chi connectivity index (χ0n) is 12.5. The fourth-order valence-electron chi connectivity index (χ4n) is 2.77. The first-order valence-electron chi connectivity index (χ1n) is 7.43. The first-order valence-corrected chi connectivity index (χ1v) is 7.43. The number of nitrogens with zero attached hydrogens (tertiary/aromatic N) is 2. The number of rotatable bonds is 4. The van der Waals surface area contributed by atoms with Gasteiger partial charge in [-0.2, -0.15) is 0 Å². The Morgan fingerprint density at radius 1 is 1.25 bits per heavy atom. The van der Waals surface area contributed by atoms with Crippen molar-refractivity contribution < 1.29 is 4.79 Å². The van der Waals surface area contributed by atoms with E-state index < -0.39 is 0 Å². The minimum atomic E-state index is 0.230. The molecular formula is C16H25N3O. The standard InChI is InChI=1S/C16H25N3O/c1-3-18-8-9-19(12-13(18)2)16(20)10-14-4-6-15(11-17)7-5-14/h4-7,13H,3,8-12,17H2,1-2H3. The van der Waals surface area contributed by atoms with Gasteiger partial charge in [0.1, 0.15) is 0 Å². The molecule has 0 saturated carbocycles. The lowest BCUT2D eigenvalue weighted by molar-refractivity contribution is -0.133. The van der Waals surface area contributed by atoms with Crippen molar-refractivity contribution in [1.82, 2.24) is 9.80 Å². The maximum Gasteiger partial charge on any atom is 0.227 e. The number of likely N-dealkylation sites (N-methyl/N-ethyl adjacent to an activating group) is 1. The van der Waals surface area contributed by atoms with Crippen molar-refractivity contribution in [3.8, 4) is 0 Å². The molecule has 20 heavy (non-hydrogen) atoms. The summed E-state index contributed by atoms with van der Waals surface area (Å²) in [5, 5.41) is 0. The van der Waals surface area contributed by atoms with E-state index in [2.05, 4.69) is 18.7 Å². The first kappa shape index (κ1) is 15.0. The van der Waals surface area contributed by atoms with Crippen molar-refractivity contribution in [1.29, 1.82) is 0 Å². The molecule has 0 aromatic heterocycles. The molecule has 1 unspecified atom stereocenters. The predicted octanol–water partition coefficient (Wildman–Crippen LogP) is 1.24. The normalized spacial score (nSPS) is 20.1. The molecule has 1 aromatic rings. The van der Waals surface area contributed by atoms with Gasteiger partial charge in [-0.1, -0.05) is 31.2 Å². The zero-order chi connectivity index (χ0) is 14.5. The maximum atomic E-state index is 12.3. The molecule has 0 spiro atoms. The van der Waals surface area contributed by atoms with Crippen LogP contribution in [0.1, 0.15) is 25.0 Å². The summed E-state index contributed by atoms with van der Waals surface area (Å²) in [6.07, 6.45) is 0.490. The van der Waals surface area contributed by atoms with Crippen LogP contribution in [0, 0.1) is 0 Å². The van der Waals surface area contributed by atoms with Gasteiger partial charge in [-0.3, -0.25) is 9.69 Å².